The summed E-state index contributed by atoms with van der Waals surface area (Å²) in [5.41, 5.74) is 1.22. The van der Waals surface area contributed by atoms with Gasteiger partial charge in [0.2, 0.25) is 0 Å². The van der Waals surface area contributed by atoms with Crippen LogP contribution >= 0.6 is 0 Å². The smallest absolute Gasteiger partial charge is 0.268 e. The van der Waals surface area contributed by atoms with Gasteiger partial charge in [0, 0.05) is 17.2 Å². The minimum atomic E-state index is -0.439. The molecule has 1 aromatic carbocycles. The van der Waals surface area contributed by atoms with Crippen LogP contribution in [0.25, 0.3) is 6.08 Å². The molecule has 28 heavy (non-hydrogen) atoms. The summed E-state index contributed by atoms with van der Waals surface area (Å²) in [6.45, 7) is 12.2. The van der Waals surface area contributed by atoms with Gasteiger partial charge in [-0.25, -0.2) is 0 Å². The Kier molecular flexibility index (Phi) is 6.49. The van der Waals surface area contributed by atoms with E-state index in [9.17, 15) is 9.59 Å². The molecule has 0 saturated carbocycles. The fourth-order valence-corrected chi connectivity index (χ4v) is 3.40. The summed E-state index contributed by atoms with van der Waals surface area (Å²) in [6, 6.07) is 10.7. The van der Waals surface area contributed by atoms with E-state index in [-0.39, 0.29) is 22.9 Å². The van der Waals surface area contributed by atoms with Crippen molar-refractivity contribution in [2.45, 2.75) is 53.5 Å². The van der Waals surface area contributed by atoms with Gasteiger partial charge in [-0.05, 0) is 56.9 Å². The van der Waals surface area contributed by atoms with Crippen LogP contribution in [0.2, 0.25) is 0 Å². The van der Waals surface area contributed by atoms with E-state index in [1.54, 1.807) is 24.3 Å². The second-order valence-corrected chi connectivity index (χ2v) is 8.97. The number of nitrogens with one attached hydrogen (secondary N) is 2. The quantitative estimate of drug-likeness (QED) is 0.712. The first-order valence-electron chi connectivity index (χ1n) is 9.41. The van der Waals surface area contributed by atoms with Crippen LogP contribution < -0.4 is 10.6 Å². The minimum absolute atomic E-state index is 0.0481. The number of furan rings is 1. The van der Waals surface area contributed by atoms with Crippen molar-refractivity contribution < 1.29 is 14.0 Å². The molecule has 0 saturated heterocycles. The maximum absolute atomic E-state index is 13.0. The average Bonchev–Trinajstić information content (AvgIpc) is 3.04. The Labute approximate surface area is 167 Å². The van der Waals surface area contributed by atoms with Crippen molar-refractivity contribution in [2.75, 3.05) is 0 Å². The Morgan fingerprint density at radius 3 is 2.36 bits per heavy atom. The summed E-state index contributed by atoms with van der Waals surface area (Å²) in [5.74, 6) is -0.208. The molecule has 0 aliphatic heterocycles. The van der Waals surface area contributed by atoms with Gasteiger partial charge < -0.3 is 15.1 Å². The van der Waals surface area contributed by atoms with Gasteiger partial charge in [-0.15, -0.1) is 0 Å². The lowest BCUT2D eigenvalue weighted by molar-refractivity contribution is -0.119. The van der Waals surface area contributed by atoms with Crippen molar-refractivity contribution in [3.63, 3.8) is 0 Å². The van der Waals surface area contributed by atoms with Crippen molar-refractivity contribution in [2.24, 2.45) is 5.41 Å². The molecule has 0 spiro atoms. The van der Waals surface area contributed by atoms with Gasteiger partial charge in [0.05, 0.1) is 6.26 Å². The molecule has 0 aliphatic carbocycles. The first-order chi connectivity index (χ1) is 13.0. The summed E-state index contributed by atoms with van der Waals surface area (Å²) < 4.78 is 5.32. The third kappa shape index (κ3) is 6.72. The number of hydrogen-bond acceptors (Lipinski definition) is 3. The molecule has 2 N–H and O–H groups in total. The highest BCUT2D eigenvalue weighted by molar-refractivity contribution is 6.05. The molecule has 5 nitrogen and oxygen atoms in total. The maximum Gasteiger partial charge on any atom is 0.268 e. The van der Waals surface area contributed by atoms with E-state index in [1.165, 1.54) is 12.3 Å². The molecule has 1 heterocycles. The third-order valence-corrected chi connectivity index (χ3v) is 4.03. The topological polar surface area (TPSA) is 71.3 Å². The molecular formula is C23H30N2O3. The highest BCUT2D eigenvalue weighted by atomic mass is 16.3. The average molecular weight is 383 g/mol. The van der Waals surface area contributed by atoms with E-state index in [0.29, 0.717) is 11.3 Å². The van der Waals surface area contributed by atoms with Crippen molar-refractivity contribution in [1.29, 1.82) is 0 Å². The summed E-state index contributed by atoms with van der Waals surface area (Å²) in [6.07, 6.45) is 3.84. The molecule has 2 rings (SSSR count). The van der Waals surface area contributed by atoms with E-state index in [0.717, 1.165) is 12.0 Å². The van der Waals surface area contributed by atoms with E-state index in [1.807, 2.05) is 32.9 Å². The minimum Gasteiger partial charge on any atom is -0.465 e. The first-order valence-corrected chi connectivity index (χ1v) is 9.41. The second kappa shape index (κ2) is 8.46. The zero-order valence-corrected chi connectivity index (χ0v) is 17.6. The van der Waals surface area contributed by atoms with Crippen LogP contribution in [0.1, 0.15) is 62.7 Å². The predicted molar refractivity (Wildman–Crippen MR) is 112 cm³/mol. The SMILES string of the molecule is Cc1cccc(C(=O)N/C(=C\c2ccco2)C(=O)NC(C)(C)CC(C)(C)C)c1. The lowest BCUT2D eigenvalue weighted by Crippen LogP contribution is -2.48. The standard InChI is InChI=1S/C23H30N2O3/c1-16-9-7-10-17(13-16)20(26)24-19(14-18-11-8-12-28-18)21(27)25-23(5,6)15-22(2,3)4/h7-14H,15H2,1-6H3,(H,24,26)(H,25,27)/b19-14-. The number of benzene rings is 1. The fraction of sp³-hybridized carbons (Fsp3) is 0.391. The van der Waals surface area contributed by atoms with Crippen LogP contribution in [0.15, 0.2) is 52.8 Å². The zero-order chi connectivity index (χ0) is 20.9. The van der Waals surface area contributed by atoms with Crippen LogP contribution in [-0.2, 0) is 4.79 Å². The van der Waals surface area contributed by atoms with Crippen molar-refractivity contribution in [1.82, 2.24) is 10.6 Å². The van der Waals surface area contributed by atoms with Crippen LogP contribution in [0, 0.1) is 12.3 Å². The van der Waals surface area contributed by atoms with Crippen LogP contribution in [-0.4, -0.2) is 17.4 Å². The summed E-state index contributed by atoms with van der Waals surface area (Å²) in [5, 5.41) is 5.76. The van der Waals surface area contributed by atoms with Gasteiger partial charge in [0.15, 0.2) is 0 Å². The Hall–Kier alpha value is -2.82. The van der Waals surface area contributed by atoms with Crippen molar-refractivity contribution >= 4 is 17.9 Å². The van der Waals surface area contributed by atoms with Crippen molar-refractivity contribution in [3.05, 3.63) is 65.2 Å². The van der Waals surface area contributed by atoms with Crippen LogP contribution in [0.5, 0.6) is 0 Å². The number of hydrogen-bond donors (Lipinski definition) is 2. The Morgan fingerprint density at radius 1 is 1.07 bits per heavy atom. The first kappa shape index (κ1) is 21.5. The molecule has 150 valence electrons. The van der Waals surface area contributed by atoms with Gasteiger partial charge in [0.1, 0.15) is 11.5 Å². The van der Waals surface area contributed by atoms with Gasteiger partial charge in [-0.3, -0.25) is 9.59 Å². The molecule has 0 radical (unpaired) electrons. The maximum atomic E-state index is 13.0. The largest absolute Gasteiger partial charge is 0.465 e. The molecule has 2 aromatic rings. The summed E-state index contributed by atoms with van der Waals surface area (Å²) >= 11 is 0. The fourth-order valence-electron chi connectivity index (χ4n) is 3.40. The molecule has 2 amide bonds. The zero-order valence-electron chi connectivity index (χ0n) is 17.6. The molecule has 0 unspecified atom stereocenters. The van der Waals surface area contributed by atoms with E-state index in [2.05, 4.69) is 31.4 Å². The Balaban J connectivity index is 2.25. The normalized spacial score (nSPS) is 12.6. The number of rotatable bonds is 6. The molecular weight excluding hydrogens is 352 g/mol. The lowest BCUT2D eigenvalue weighted by atomic mass is 9.82. The van der Waals surface area contributed by atoms with Crippen LogP contribution in [0.3, 0.4) is 0 Å². The number of aryl methyl sites for hydroxylation is 1. The monoisotopic (exact) mass is 382 g/mol. The molecule has 1 aromatic heterocycles. The molecule has 0 atom stereocenters. The van der Waals surface area contributed by atoms with Gasteiger partial charge >= 0.3 is 0 Å². The second-order valence-electron chi connectivity index (χ2n) is 8.97. The summed E-state index contributed by atoms with van der Waals surface area (Å²) in [7, 11) is 0. The number of carbonyl (C=O) groups excluding carboxylic acids is 2. The Bertz CT molecular complexity index is 856. The highest BCUT2D eigenvalue weighted by Crippen LogP contribution is 2.27. The van der Waals surface area contributed by atoms with Gasteiger partial charge in [-0.1, -0.05) is 38.5 Å². The highest BCUT2D eigenvalue weighted by Gasteiger charge is 2.28. The van der Waals surface area contributed by atoms with Gasteiger partial charge in [0.25, 0.3) is 11.8 Å². The summed E-state index contributed by atoms with van der Waals surface area (Å²) in [4.78, 5) is 25.6. The molecule has 0 fully saturated rings. The van der Waals surface area contributed by atoms with Crippen LogP contribution in [0.4, 0.5) is 0 Å². The van der Waals surface area contributed by atoms with E-state index in [4.69, 9.17) is 4.42 Å². The molecule has 0 bridgehead atoms. The van der Waals surface area contributed by atoms with Crippen molar-refractivity contribution in [3.8, 4) is 0 Å². The van der Waals surface area contributed by atoms with E-state index >= 15 is 0 Å². The third-order valence-electron chi connectivity index (χ3n) is 4.03. The molecule has 5 heteroatoms. The molecule has 0 aliphatic rings. The number of carbonyl (C=O) groups is 2. The number of amides is 2. The lowest BCUT2D eigenvalue weighted by Gasteiger charge is -2.33. The van der Waals surface area contributed by atoms with Gasteiger partial charge in [-0.2, -0.15) is 0 Å². The van der Waals surface area contributed by atoms with E-state index < -0.39 is 5.54 Å². The Morgan fingerprint density at radius 2 is 1.79 bits per heavy atom. The predicted octanol–water partition coefficient (Wildman–Crippen LogP) is 4.69.